The third-order valence-electron chi connectivity index (χ3n) is 3.54. The first-order chi connectivity index (χ1) is 13.1. The smallest absolute Gasteiger partial charge is 0.316 e. The van der Waals surface area contributed by atoms with E-state index in [2.05, 4.69) is 25.8 Å². The van der Waals surface area contributed by atoms with Crippen molar-refractivity contribution < 1.29 is 18.1 Å². The van der Waals surface area contributed by atoms with E-state index >= 15 is 0 Å². The molecule has 0 aliphatic heterocycles. The van der Waals surface area contributed by atoms with Crippen molar-refractivity contribution in [3.8, 4) is 17.2 Å². The van der Waals surface area contributed by atoms with Crippen LogP contribution in [-0.2, 0) is 0 Å². The van der Waals surface area contributed by atoms with Crippen molar-refractivity contribution >= 4 is 11.6 Å². The largest absolute Gasteiger partial charge is 0.328 e. The molecule has 4 rings (SSSR count). The Labute approximate surface area is 150 Å². The maximum atomic E-state index is 13.0. The van der Waals surface area contributed by atoms with Crippen LogP contribution >= 0.6 is 0 Å². The summed E-state index contributed by atoms with van der Waals surface area (Å²) in [6, 6.07) is 10.9. The Morgan fingerprint density at radius 3 is 2.37 bits per heavy atom. The zero-order valence-corrected chi connectivity index (χ0v) is 13.5. The molecule has 0 spiro atoms. The number of halogens is 2. The molecule has 134 valence electrons. The summed E-state index contributed by atoms with van der Waals surface area (Å²) in [5, 5.41) is 14.0. The van der Waals surface area contributed by atoms with Crippen molar-refractivity contribution in [2.75, 3.05) is 5.32 Å². The minimum Gasteiger partial charge on any atom is -0.328 e. The van der Waals surface area contributed by atoms with E-state index in [4.69, 9.17) is 4.52 Å². The summed E-state index contributed by atoms with van der Waals surface area (Å²) in [5.74, 6) is -1.66. The van der Waals surface area contributed by atoms with Crippen molar-refractivity contribution in [2.24, 2.45) is 0 Å². The Balaban J connectivity index is 1.51. The van der Waals surface area contributed by atoms with Gasteiger partial charge in [0.25, 0.3) is 0 Å². The minimum absolute atomic E-state index is 0.0626. The highest BCUT2D eigenvalue weighted by atomic mass is 19.1. The quantitative estimate of drug-likeness (QED) is 0.595. The van der Waals surface area contributed by atoms with E-state index in [1.807, 2.05) is 0 Å². The van der Waals surface area contributed by atoms with E-state index in [-0.39, 0.29) is 23.2 Å². The van der Waals surface area contributed by atoms with Gasteiger partial charge in [0.1, 0.15) is 11.6 Å². The molecule has 2 heterocycles. The van der Waals surface area contributed by atoms with E-state index < -0.39 is 11.7 Å². The monoisotopic (exact) mass is 368 g/mol. The molecular formula is C17H10F2N6O2. The van der Waals surface area contributed by atoms with E-state index in [1.54, 1.807) is 0 Å². The van der Waals surface area contributed by atoms with Gasteiger partial charge in [-0.3, -0.25) is 4.79 Å². The summed E-state index contributed by atoms with van der Waals surface area (Å²) in [4.78, 5) is 16.1. The van der Waals surface area contributed by atoms with Crippen molar-refractivity contribution in [3.63, 3.8) is 0 Å². The van der Waals surface area contributed by atoms with Gasteiger partial charge < -0.3 is 9.84 Å². The fourth-order valence-electron chi connectivity index (χ4n) is 2.22. The molecule has 2 aromatic heterocycles. The Bertz CT molecular complexity index is 1090. The highest BCUT2D eigenvalue weighted by Crippen LogP contribution is 2.16. The lowest BCUT2D eigenvalue weighted by Crippen LogP contribution is -2.12. The number of amides is 1. The molecule has 0 radical (unpaired) electrons. The van der Waals surface area contributed by atoms with Crippen LogP contribution in [-0.4, -0.2) is 31.0 Å². The van der Waals surface area contributed by atoms with Gasteiger partial charge in [-0.05, 0) is 48.5 Å². The number of hydrogen-bond donors (Lipinski definition) is 1. The van der Waals surface area contributed by atoms with Gasteiger partial charge in [-0.1, -0.05) is 10.4 Å². The van der Waals surface area contributed by atoms with Gasteiger partial charge in [0.2, 0.25) is 5.82 Å². The molecule has 10 heteroatoms. The summed E-state index contributed by atoms with van der Waals surface area (Å²) >= 11 is 0. The summed E-state index contributed by atoms with van der Waals surface area (Å²) in [5.41, 5.74) is 1.24. The number of nitrogens with zero attached hydrogens (tertiary/aromatic N) is 5. The number of carbonyl (C=O) groups excluding carboxylic acids is 1. The summed E-state index contributed by atoms with van der Waals surface area (Å²) in [6.45, 7) is 0. The molecule has 0 aliphatic carbocycles. The third-order valence-corrected chi connectivity index (χ3v) is 3.54. The first-order valence-electron chi connectivity index (χ1n) is 7.68. The third kappa shape index (κ3) is 3.54. The lowest BCUT2D eigenvalue weighted by molar-refractivity contribution is 0.0981. The molecule has 0 fully saturated rings. The Morgan fingerprint density at radius 1 is 1.00 bits per heavy atom. The van der Waals surface area contributed by atoms with Crippen molar-refractivity contribution in [1.29, 1.82) is 0 Å². The number of hydrogen-bond acceptors (Lipinski definition) is 6. The van der Waals surface area contributed by atoms with Gasteiger partial charge in [0.15, 0.2) is 5.69 Å². The zero-order chi connectivity index (χ0) is 18.8. The van der Waals surface area contributed by atoms with E-state index in [9.17, 15) is 13.6 Å². The van der Waals surface area contributed by atoms with Gasteiger partial charge in [-0.2, -0.15) is 4.98 Å². The van der Waals surface area contributed by atoms with Crippen molar-refractivity contribution in [3.05, 3.63) is 72.3 Å². The van der Waals surface area contributed by atoms with Crippen LogP contribution in [0.25, 0.3) is 17.2 Å². The van der Waals surface area contributed by atoms with Crippen molar-refractivity contribution in [1.82, 2.24) is 25.1 Å². The molecule has 0 atom stereocenters. The predicted octanol–water partition coefficient (Wildman–Crippen LogP) is 2.85. The van der Waals surface area contributed by atoms with Gasteiger partial charge in [0, 0.05) is 5.69 Å². The van der Waals surface area contributed by atoms with E-state index in [1.165, 1.54) is 59.4 Å². The molecule has 1 amide bonds. The van der Waals surface area contributed by atoms with Crippen LogP contribution in [0.1, 0.15) is 10.7 Å². The van der Waals surface area contributed by atoms with Crippen LogP contribution in [0.15, 0.2) is 59.3 Å². The Morgan fingerprint density at radius 2 is 1.67 bits per heavy atom. The van der Waals surface area contributed by atoms with E-state index in [0.717, 1.165) is 0 Å². The molecule has 8 nitrogen and oxygen atoms in total. The van der Waals surface area contributed by atoms with Gasteiger partial charge in [-0.15, -0.1) is 5.10 Å². The lowest BCUT2D eigenvalue weighted by Gasteiger charge is -2.00. The molecule has 0 unspecified atom stereocenters. The molecule has 0 bridgehead atoms. The fraction of sp³-hybridized carbons (Fsp3) is 0. The molecule has 0 saturated heterocycles. The van der Waals surface area contributed by atoms with Gasteiger partial charge in [-0.25, -0.2) is 13.5 Å². The van der Waals surface area contributed by atoms with Gasteiger partial charge >= 0.3 is 11.8 Å². The average molecular weight is 368 g/mol. The number of rotatable bonds is 4. The number of aromatic nitrogens is 5. The molecular weight excluding hydrogens is 358 g/mol. The molecule has 27 heavy (non-hydrogen) atoms. The van der Waals surface area contributed by atoms with Crippen LogP contribution in [0.4, 0.5) is 14.5 Å². The summed E-state index contributed by atoms with van der Waals surface area (Å²) < 4.78 is 32.2. The summed E-state index contributed by atoms with van der Waals surface area (Å²) in [6.07, 6.45) is 1.51. The lowest BCUT2D eigenvalue weighted by atomic mass is 10.3. The number of anilines is 1. The highest BCUT2D eigenvalue weighted by Gasteiger charge is 2.18. The molecule has 1 N–H and O–H groups in total. The second-order valence-corrected chi connectivity index (χ2v) is 5.41. The van der Waals surface area contributed by atoms with Crippen LogP contribution in [0.3, 0.4) is 0 Å². The normalized spacial score (nSPS) is 10.7. The first kappa shape index (κ1) is 16.5. The molecule has 0 saturated carbocycles. The first-order valence-corrected chi connectivity index (χ1v) is 7.68. The van der Waals surface area contributed by atoms with Crippen LogP contribution in [0.5, 0.6) is 0 Å². The minimum atomic E-state index is -0.647. The molecule has 0 aliphatic rings. The SMILES string of the molecule is O=C(Nc1ccc(F)cc1)c1nc(-c2cn(-c3ccc(F)cc3)nn2)no1. The zero-order valence-electron chi connectivity index (χ0n) is 13.5. The average Bonchev–Trinajstić information content (AvgIpc) is 3.33. The fourth-order valence-corrected chi connectivity index (χ4v) is 2.22. The second-order valence-electron chi connectivity index (χ2n) is 5.41. The van der Waals surface area contributed by atoms with Crippen LogP contribution in [0.2, 0.25) is 0 Å². The predicted molar refractivity (Wildman–Crippen MR) is 89.0 cm³/mol. The molecule has 2 aromatic carbocycles. The number of carbonyl (C=O) groups is 1. The second kappa shape index (κ2) is 6.75. The van der Waals surface area contributed by atoms with Crippen LogP contribution < -0.4 is 5.32 Å². The number of nitrogens with one attached hydrogen (secondary N) is 1. The Hall–Kier alpha value is -3.95. The summed E-state index contributed by atoms with van der Waals surface area (Å²) in [7, 11) is 0. The van der Waals surface area contributed by atoms with Crippen molar-refractivity contribution in [2.45, 2.75) is 0 Å². The van der Waals surface area contributed by atoms with E-state index in [0.29, 0.717) is 11.4 Å². The Kier molecular flexibility index (Phi) is 4.13. The van der Waals surface area contributed by atoms with Gasteiger partial charge in [0.05, 0.1) is 11.9 Å². The maximum Gasteiger partial charge on any atom is 0.316 e. The molecule has 4 aromatic rings. The van der Waals surface area contributed by atoms with Crippen LogP contribution in [0, 0.1) is 11.6 Å². The standard InChI is InChI=1S/C17H10F2N6O2/c18-10-1-5-12(6-2-10)20-16(26)17-21-15(23-27-17)14-9-25(24-22-14)13-7-3-11(19)4-8-13/h1-9H,(H,20,26). The topological polar surface area (TPSA) is 98.7 Å². The maximum absolute atomic E-state index is 13.0. The highest BCUT2D eigenvalue weighted by molar-refractivity contribution is 6.01. The number of benzene rings is 2.